The summed E-state index contributed by atoms with van der Waals surface area (Å²) in [6.07, 6.45) is 0.148. The van der Waals surface area contributed by atoms with Crippen LogP contribution < -0.4 is 16.2 Å². The van der Waals surface area contributed by atoms with E-state index in [0.29, 0.717) is 5.69 Å². The molecule has 26 heavy (non-hydrogen) atoms. The van der Waals surface area contributed by atoms with Gasteiger partial charge in [0.05, 0.1) is 4.90 Å². The van der Waals surface area contributed by atoms with Crippen LogP contribution in [0.2, 0.25) is 0 Å². The van der Waals surface area contributed by atoms with Crippen molar-refractivity contribution in [1.82, 2.24) is 4.72 Å². The number of amides is 1. The lowest BCUT2D eigenvalue weighted by atomic mass is 9.87. The second-order valence-electron chi connectivity index (χ2n) is 7.30. The number of hydrogen-bond donors (Lipinski definition) is 3. The van der Waals surface area contributed by atoms with Gasteiger partial charge in [-0.3, -0.25) is 4.79 Å². The van der Waals surface area contributed by atoms with E-state index in [4.69, 9.17) is 11.5 Å². The maximum absolute atomic E-state index is 12.6. The van der Waals surface area contributed by atoms with Gasteiger partial charge >= 0.3 is 0 Å². The van der Waals surface area contributed by atoms with Crippen molar-refractivity contribution in [1.29, 1.82) is 0 Å². The highest BCUT2D eigenvalue weighted by Gasteiger charge is 2.25. The van der Waals surface area contributed by atoms with Gasteiger partial charge in [0.2, 0.25) is 15.9 Å². The number of carbonyl (C=O) groups excluding carboxylic acids is 1. The summed E-state index contributed by atoms with van der Waals surface area (Å²) < 4.78 is 27.6. The zero-order valence-electron chi connectivity index (χ0n) is 15.2. The molecule has 1 atom stereocenters. The van der Waals surface area contributed by atoms with E-state index < -0.39 is 22.0 Å². The fourth-order valence-electron chi connectivity index (χ4n) is 2.48. The van der Waals surface area contributed by atoms with E-state index in [1.807, 2.05) is 20.8 Å². The Morgan fingerprint density at radius 3 is 2.04 bits per heavy atom. The first-order valence-corrected chi connectivity index (χ1v) is 9.74. The Hall–Kier alpha value is -2.38. The van der Waals surface area contributed by atoms with Crippen LogP contribution in [-0.4, -0.2) is 20.4 Å². The number of hydrogen-bond acceptors (Lipinski definition) is 4. The molecule has 0 saturated carbocycles. The van der Waals surface area contributed by atoms with Crippen LogP contribution >= 0.6 is 0 Å². The first-order valence-electron chi connectivity index (χ1n) is 8.25. The molecule has 2 aromatic carbocycles. The molecule has 140 valence electrons. The molecule has 5 N–H and O–H groups in total. The average Bonchev–Trinajstić information content (AvgIpc) is 2.55. The lowest BCUT2D eigenvalue weighted by Crippen LogP contribution is -2.45. The molecule has 0 unspecified atom stereocenters. The molecular formula is C19H25N3O3S. The van der Waals surface area contributed by atoms with E-state index in [1.54, 1.807) is 36.4 Å². The van der Waals surface area contributed by atoms with Gasteiger partial charge in [-0.25, -0.2) is 8.42 Å². The van der Waals surface area contributed by atoms with Gasteiger partial charge in [0, 0.05) is 5.69 Å². The molecule has 0 bridgehead atoms. The summed E-state index contributed by atoms with van der Waals surface area (Å²) in [7, 11) is -3.87. The van der Waals surface area contributed by atoms with Gasteiger partial charge < -0.3 is 11.5 Å². The molecule has 0 aliphatic carbocycles. The minimum absolute atomic E-state index is 0.0827. The van der Waals surface area contributed by atoms with Crippen LogP contribution in [0.3, 0.4) is 0 Å². The Labute approximate surface area is 154 Å². The van der Waals surface area contributed by atoms with E-state index in [0.717, 1.165) is 11.1 Å². The van der Waals surface area contributed by atoms with E-state index in [2.05, 4.69) is 4.72 Å². The van der Waals surface area contributed by atoms with Gasteiger partial charge in [0.15, 0.2) is 0 Å². The van der Waals surface area contributed by atoms with E-state index >= 15 is 0 Å². The Morgan fingerprint density at radius 1 is 1.04 bits per heavy atom. The van der Waals surface area contributed by atoms with Crippen LogP contribution in [0.15, 0.2) is 53.4 Å². The highest BCUT2D eigenvalue weighted by atomic mass is 32.2. The second-order valence-corrected chi connectivity index (χ2v) is 9.01. The molecule has 0 saturated heterocycles. The fraction of sp³-hybridized carbons (Fsp3) is 0.316. The van der Waals surface area contributed by atoms with Gasteiger partial charge in [-0.05, 0) is 47.2 Å². The fourth-order valence-corrected chi connectivity index (χ4v) is 3.68. The maximum atomic E-state index is 12.6. The Bertz CT molecular complexity index is 868. The number of anilines is 1. The van der Waals surface area contributed by atoms with Crippen LogP contribution in [0.4, 0.5) is 5.69 Å². The van der Waals surface area contributed by atoms with Gasteiger partial charge in [-0.2, -0.15) is 4.72 Å². The summed E-state index contributed by atoms with van der Waals surface area (Å²) in [6, 6.07) is 12.4. The van der Waals surface area contributed by atoms with E-state index in [-0.39, 0.29) is 16.7 Å². The van der Waals surface area contributed by atoms with Gasteiger partial charge in [0.1, 0.15) is 6.04 Å². The van der Waals surface area contributed by atoms with Crippen molar-refractivity contribution < 1.29 is 13.2 Å². The Kier molecular flexibility index (Phi) is 5.73. The number of carbonyl (C=O) groups is 1. The van der Waals surface area contributed by atoms with Crippen molar-refractivity contribution in [2.75, 3.05) is 5.73 Å². The summed E-state index contributed by atoms with van der Waals surface area (Å²) in [5.74, 6) is -0.739. The lowest BCUT2D eigenvalue weighted by molar-refractivity contribution is -0.119. The van der Waals surface area contributed by atoms with Gasteiger partial charge in [-0.1, -0.05) is 45.0 Å². The number of sulfonamides is 1. The minimum atomic E-state index is -3.87. The minimum Gasteiger partial charge on any atom is -0.399 e. The van der Waals surface area contributed by atoms with Crippen molar-refractivity contribution in [3.8, 4) is 0 Å². The highest BCUT2D eigenvalue weighted by Crippen LogP contribution is 2.23. The first-order chi connectivity index (χ1) is 12.0. The molecule has 6 nitrogen and oxygen atoms in total. The third-order valence-electron chi connectivity index (χ3n) is 4.09. The molecule has 0 heterocycles. The number of rotatable bonds is 6. The molecule has 7 heteroatoms. The van der Waals surface area contributed by atoms with Crippen molar-refractivity contribution >= 4 is 21.6 Å². The molecule has 0 fully saturated rings. The van der Waals surface area contributed by atoms with Gasteiger partial charge in [-0.15, -0.1) is 0 Å². The molecule has 0 aliphatic heterocycles. The summed E-state index contributed by atoms with van der Waals surface area (Å²) in [5.41, 5.74) is 13.3. The second kappa shape index (κ2) is 7.47. The normalized spacial score (nSPS) is 13.3. The predicted molar refractivity (Wildman–Crippen MR) is 103 cm³/mol. The molecule has 0 radical (unpaired) electrons. The maximum Gasteiger partial charge on any atom is 0.241 e. The smallest absolute Gasteiger partial charge is 0.241 e. The van der Waals surface area contributed by atoms with Crippen molar-refractivity contribution in [3.05, 3.63) is 59.7 Å². The quantitative estimate of drug-likeness (QED) is 0.669. The predicted octanol–water partition coefficient (Wildman–Crippen LogP) is 1.94. The molecule has 0 spiro atoms. The molecule has 2 aromatic rings. The van der Waals surface area contributed by atoms with Crippen molar-refractivity contribution in [2.24, 2.45) is 5.73 Å². The summed E-state index contributed by atoms with van der Waals surface area (Å²) in [4.78, 5) is 11.8. The number of nitrogens with one attached hydrogen (secondary N) is 1. The molecule has 0 aromatic heterocycles. The first kappa shape index (κ1) is 19.9. The summed E-state index contributed by atoms with van der Waals surface area (Å²) in [5, 5.41) is 0. The summed E-state index contributed by atoms with van der Waals surface area (Å²) >= 11 is 0. The largest absolute Gasteiger partial charge is 0.399 e. The average molecular weight is 375 g/mol. The van der Waals surface area contributed by atoms with Crippen LogP contribution in [0.5, 0.6) is 0 Å². The SMILES string of the molecule is CC(C)(C)c1ccc(S(=O)(=O)N[C@H](Cc2ccc(N)cc2)C(N)=O)cc1. The standard InChI is InChI=1S/C19H25N3O3S/c1-19(2,3)14-6-10-16(11-7-14)26(24,25)22-17(18(21)23)12-13-4-8-15(20)9-5-13/h4-11,17,22H,12,20H2,1-3H3,(H2,21,23)/t17-/m1/s1. The Morgan fingerprint density at radius 2 is 1.58 bits per heavy atom. The van der Waals surface area contributed by atoms with Crippen molar-refractivity contribution in [2.45, 2.75) is 43.5 Å². The number of primary amides is 1. The molecular weight excluding hydrogens is 350 g/mol. The Balaban J connectivity index is 2.21. The van der Waals surface area contributed by atoms with Crippen LogP contribution in [0, 0.1) is 0 Å². The number of nitrogens with two attached hydrogens (primary N) is 2. The van der Waals surface area contributed by atoms with Crippen LogP contribution in [0.1, 0.15) is 31.9 Å². The van der Waals surface area contributed by atoms with Crippen molar-refractivity contribution in [3.63, 3.8) is 0 Å². The molecule has 1 amide bonds. The monoisotopic (exact) mass is 375 g/mol. The molecule has 0 aliphatic rings. The highest BCUT2D eigenvalue weighted by molar-refractivity contribution is 7.89. The third kappa shape index (κ3) is 5.06. The number of benzene rings is 2. The van der Waals surface area contributed by atoms with E-state index in [9.17, 15) is 13.2 Å². The molecule has 2 rings (SSSR count). The van der Waals surface area contributed by atoms with E-state index in [1.165, 1.54) is 12.1 Å². The zero-order chi connectivity index (χ0) is 19.5. The number of nitrogen functional groups attached to an aromatic ring is 1. The van der Waals surface area contributed by atoms with Gasteiger partial charge in [0.25, 0.3) is 0 Å². The third-order valence-corrected chi connectivity index (χ3v) is 5.58. The topological polar surface area (TPSA) is 115 Å². The zero-order valence-corrected chi connectivity index (χ0v) is 16.0. The lowest BCUT2D eigenvalue weighted by Gasteiger charge is -2.20. The van der Waals surface area contributed by atoms with Crippen LogP contribution in [0.25, 0.3) is 0 Å². The summed E-state index contributed by atoms with van der Waals surface area (Å²) in [6.45, 7) is 6.14. The van der Waals surface area contributed by atoms with Crippen LogP contribution in [-0.2, 0) is 26.7 Å².